The molecule has 1 heterocycles. The van der Waals surface area contributed by atoms with Gasteiger partial charge in [-0.2, -0.15) is 0 Å². The molecule has 4 N–H and O–H groups in total. The van der Waals surface area contributed by atoms with E-state index in [9.17, 15) is 0 Å². The molecule has 0 spiro atoms. The van der Waals surface area contributed by atoms with E-state index in [1.165, 1.54) is 5.39 Å². The number of anilines is 1. The maximum Gasteiger partial charge on any atom is 0.0628 e. The summed E-state index contributed by atoms with van der Waals surface area (Å²) in [4.78, 5) is 3.36. The number of nitrogens with two attached hydrogens (primary N) is 1. The van der Waals surface area contributed by atoms with Crippen LogP contribution in [0.25, 0.3) is 10.9 Å². The van der Waals surface area contributed by atoms with Crippen LogP contribution in [-0.4, -0.2) is 17.1 Å². The van der Waals surface area contributed by atoms with Crippen molar-refractivity contribution in [2.24, 2.45) is 5.73 Å². The first-order chi connectivity index (χ1) is 7.47. The Bertz CT molecular complexity index is 491. The molecule has 1 aromatic heterocycles. The number of benzene rings is 1. The van der Waals surface area contributed by atoms with Gasteiger partial charge in [-0.05, 0) is 26.8 Å². The lowest BCUT2D eigenvalue weighted by Gasteiger charge is -2.19. The van der Waals surface area contributed by atoms with Crippen LogP contribution >= 0.6 is 0 Å². The summed E-state index contributed by atoms with van der Waals surface area (Å²) in [7, 11) is 0. The largest absolute Gasteiger partial charge is 0.381 e. The van der Waals surface area contributed by atoms with Crippen molar-refractivity contribution in [1.29, 1.82) is 0 Å². The molecule has 0 aliphatic carbocycles. The normalized spacial score (nSPS) is 12.0. The van der Waals surface area contributed by atoms with E-state index in [0.29, 0.717) is 0 Å². The van der Waals surface area contributed by atoms with E-state index in [2.05, 4.69) is 29.4 Å². The van der Waals surface area contributed by atoms with Crippen LogP contribution in [0.5, 0.6) is 0 Å². The molecular weight excluding hydrogens is 198 g/mol. The molecule has 0 unspecified atom stereocenters. The first-order valence-corrected chi connectivity index (χ1v) is 5.57. The molecule has 1 aromatic carbocycles. The number of aryl methyl sites for hydroxylation is 1. The summed E-state index contributed by atoms with van der Waals surface area (Å²) in [6, 6.07) is 8.29. The number of nitrogens with one attached hydrogen (secondary N) is 2. The number of para-hydroxylation sites is 1. The zero-order valence-electron chi connectivity index (χ0n) is 10.1. The molecule has 0 saturated heterocycles. The van der Waals surface area contributed by atoms with Crippen LogP contribution in [0.1, 0.15) is 19.5 Å². The summed E-state index contributed by atoms with van der Waals surface area (Å²) in [5.41, 5.74) is 9.25. The molecule has 2 aromatic rings. The van der Waals surface area contributed by atoms with Crippen molar-refractivity contribution in [2.75, 3.05) is 11.9 Å². The number of H-pyrrole nitrogens is 1. The van der Waals surface area contributed by atoms with Crippen molar-refractivity contribution in [3.05, 3.63) is 30.0 Å². The van der Waals surface area contributed by atoms with Crippen molar-refractivity contribution < 1.29 is 0 Å². The highest BCUT2D eigenvalue weighted by molar-refractivity contribution is 5.94. The Morgan fingerprint density at radius 3 is 2.69 bits per heavy atom. The Kier molecular flexibility index (Phi) is 2.64. The number of aromatic amines is 1. The first-order valence-electron chi connectivity index (χ1n) is 5.57. The fourth-order valence-electron chi connectivity index (χ4n) is 1.82. The van der Waals surface area contributed by atoms with Gasteiger partial charge >= 0.3 is 0 Å². The van der Waals surface area contributed by atoms with Gasteiger partial charge in [0.15, 0.2) is 0 Å². The first kappa shape index (κ1) is 11.0. The van der Waals surface area contributed by atoms with Gasteiger partial charge in [-0.15, -0.1) is 0 Å². The van der Waals surface area contributed by atoms with Crippen LogP contribution in [0.2, 0.25) is 0 Å². The third-order valence-electron chi connectivity index (χ3n) is 2.61. The van der Waals surface area contributed by atoms with Gasteiger partial charge in [0, 0.05) is 28.7 Å². The van der Waals surface area contributed by atoms with Gasteiger partial charge in [0.25, 0.3) is 0 Å². The molecule has 0 aliphatic rings. The molecule has 3 heteroatoms. The summed E-state index contributed by atoms with van der Waals surface area (Å²) >= 11 is 0. The second-order valence-corrected chi connectivity index (χ2v) is 5.01. The van der Waals surface area contributed by atoms with Gasteiger partial charge in [0.2, 0.25) is 0 Å². The lowest BCUT2D eigenvalue weighted by molar-refractivity contribution is 0.549. The highest BCUT2D eigenvalue weighted by Gasteiger charge is 2.13. The topological polar surface area (TPSA) is 53.8 Å². The van der Waals surface area contributed by atoms with Crippen LogP contribution in [0.4, 0.5) is 5.69 Å². The van der Waals surface area contributed by atoms with Gasteiger partial charge in [0.1, 0.15) is 0 Å². The monoisotopic (exact) mass is 217 g/mol. The van der Waals surface area contributed by atoms with Crippen LogP contribution in [0, 0.1) is 6.92 Å². The fraction of sp³-hybridized carbons (Fsp3) is 0.385. The van der Waals surface area contributed by atoms with E-state index < -0.39 is 0 Å². The number of aromatic nitrogens is 1. The van der Waals surface area contributed by atoms with Crippen molar-refractivity contribution in [2.45, 2.75) is 26.3 Å². The number of rotatable bonds is 3. The van der Waals surface area contributed by atoms with Crippen molar-refractivity contribution >= 4 is 16.6 Å². The number of fused-ring (bicyclic) bond motifs is 1. The minimum Gasteiger partial charge on any atom is -0.381 e. The molecule has 16 heavy (non-hydrogen) atoms. The quantitative estimate of drug-likeness (QED) is 0.740. The molecule has 0 atom stereocenters. The van der Waals surface area contributed by atoms with Gasteiger partial charge in [-0.1, -0.05) is 18.2 Å². The summed E-state index contributed by atoms with van der Waals surface area (Å²) in [5.74, 6) is 0. The second-order valence-electron chi connectivity index (χ2n) is 5.01. The molecule has 0 aliphatic heterocycles. The maximum atomic E-state index is 5.97. The Balaban J connectivity index is 2.33. The SMILES string of the molecule is Cc1[nH]c2ccccc2c1NCC(C)(C)N. The summed E-state index contributed by atoms with van der Waals surface area (Å²) < 4.78 is 0. The average Bonchev–Trinajstić information content (AvgIpc) is 2.49. The molecule has 0 amide bonds. The van der Waals surface area contributed by atoms with Crippen LogP contribution in [-0.2, 0) is 0 Å². The summed E-state index contributed by atoms with van der Waals surface area (Å²) in [6.07, 6.45) is 0. The zero-order chi connectivity index (χ0) is 11.8. The standard InChI is InChI=1S/C13H19N3/c1-9-12(15-8-13(2,3)14)10-6-4-5-7-11(10)16-9/h4-7,15-16H,8,14H2,1-3H3. The van der Waals surface area contributed by atoms with Crippen LogP contribution in [0.3, 0.4) is 0 Å². The Labute approximate surface area is 96.0 Å². The van der Waals surface area contributed by atoms with E-state index in [1.807, 2.05) is 26.0 Å². The van der Waals surface area contributed by atoms with Crippen molar-refractivity contribution in [3.63, 3.8) is 0 Å². The molecule has 0 fully saturated rings. The lowest BCUT2D eigenvalue weighted by Crippen LogP contribution is -2.39. The second kappa shape index (κ2) is 3.83. The molecule has 3 nitrogen and oxygen atoms in total. The molecular formula is C13H19N3. The Morgan fingerprint density at radius 2 is 2.00 bits per heavy atom. The van der Waals surface area contributed by atoms with E-state index in [1.54, 1.807) is 0 Å². The maximum absolute atomic E-state index is 5.97. The molecule has 0 bridgehead atoms. The van der Waals surface area contributed by atoms with Crippen LogP contribution < -0.4 is 11.1 Å². The fourth-order valence-corrected chi connectivity index (χ4v) is 1.82. The van der Waals surface area contributed by atoms with E-state index in [-0.39, 0.29) is 5.54 Å². The van der Waals surface area contributed by atoms with E-state index in [4.69, 9.17) is 5.73 Å². The number of hydrogen-bond donors (Lipinski definition) is 3. The highest BCUT2D eigenvalue weighted by Crippen LogP contribution is 2.26. The third kappa shape index (κ3) is 2.19. The Hall–Kier alpha value is -1.48. The molecule has 0 saturated carbocycles. The smallest absolute Gasteiger partial charge is 0.0628 e. The molecule has 86 valence electrons. The predicted molar refractivity (Wildman–Crippen MR) is 69.8 cm³/mol. The van der Waals surface area contributed by atoms with Crippen molar-refractivity contribution in [3.8, 4) is 0 Å². The van der Waals surface area contributed by atoms with Gasteiger partial charge in [0.05, 0.1) is 5.69 Å². The molecule has 0 radical (unpaired) electrons. The van der Waals surface area contributed by atoms with Crippen LogP contribution in [0.15, 0.2) is 24.3 Å². The van der Waals surface area contributed by atoms with E-state index in [0.717, 1.165) is 23.4 Å². The highest BCUT2D eigenvalue weighted by atomic mass is 15.0. The summed E-state index contributed by atoms with van der Waals surface area (Å²) in [6.45, 7) is 6.87. The molecule has 2 rings (SSSR count). The minimum absolute atomic E-state index is 0.204. The number of hydrogen-bond acceptors (Lipinski definition) is 2. The van der Waals surface area contributed by atoms with E-state index >= 15 is 0 Å². The predicted octanol–water partition coefficient (Wildman–Crippen LogP) is 2.63. The zero-order valence-corrected chi connectivity index (χ0v) is 10.1. The Morgan fingerprint density at radius 1 is 1.31 bits per heavy atom. The van der Waals surface area contributed by atoms with Gasteiger partial charge in [-0.3, -0.25) is 0 Å². The lowest BCUT2D eigenvalue weighted by atomic mass is 10.1. The van der Waals surface area contributed by atoms with Gasteiger partial charge < -0.3 is 16.0 Å². The van der Waals surface area contributed by atoms with Gasteiger partial charge in [-0.25, -0.2) is 0 Å². The minimum atomic E-state index is -0.204. The van der Waals surface area contributed by atoms with Crippen molar-refractivity contribution in [1.82, 2.24) is 4.98 Å². The third-order valence-corrected chi connectivity index (χ3v) is 2.61. The average molecular weight is 217 g/mol. The summed E-state index contributed by atoms with van der Waals surface area (Å²) in [5, 5.41) is 4.65.